The van der Waals surface area contributed by atoms with Gasteiger partial charge in [-0.15, -0.1) is 0 Å². The maximum atomic E-state index is 12.6. The lowest BCUT2D eigenvalue weighted by atomic mass is 9.90. The second kappa shape index (κ2) is 6.64. The Morgan fingerprint density at radius 2 is 1.78 bits per heavy atom. The van der Waals surface area contributed by atoms with Gasteiger partial charge in [0, 0.05) is 7.05 Å². The summed E-state index contributed by atoms with van der Waals surface area (Å²) in [6, 6.07) is 4.04. The molecule has 0 spiro atoms. The molecule has 0 aliphatic rings. The van der Waals surface area contributed by atoms with E-state index in [1.54, 1.807) is 0 Å². The number of benzene rings is 1. The average Bonchev–Trinajstić information content (AvgIpc) is 2.53. The van der Waals surface area contributed by atoms with Crippen LogP contribution < -0.4 is 5.56 Å². The molecule has 1 heterocycles. The van der Waals surface area contributed by atoms with Crippen LogP contribution in [-0.2, 0) is 19.9 Å². The van der Waals surface area contributed by atoms with Gasteiger partial charge in [-0.1, -0.05) is 36.7 Å². The van der Waals surface area contributed by atoms with Gasteiger partial charge in [0.15, 0.2) is 5.75 Å². The SMILES string of the molecule is CCc1cc(C)cc(CC)c1-c1c(O)c(/C=N\O)nn(C)c1=O. The zero-order valence-corrected chi connectivity index (χ0v) is 13.8. The predicted molar refractivity (Wildman–Crippen MR) is 89.5 cm³/mol. The predicted octanol–water partition coefficient (Wildman–Crippen LogP) is 2.39. The quantitative estimate of drug-likeness (QED) is 0.515. The van der Waals surface area contributed by atoms with Crippen molar-refractivity contribution in [3.63, 3.8) is 0 Å². The summed E-state index contributed by atoms with van der Waals surface area (Å²) < 4.78 is 1.14. The van der Waals surface area contributed by atoms with Crippen molar-refractivity contribution >= 4 is 6.21 Å². The summed E-state index contributed by atoms with van der Waals surface area (Å²) in [4.78, 5) is 12.6. The van der Waals surface area contributed by atoms with Gasteiger partial charge in [-0.05, 0) is 36.5 Å². The summed E-state index contributed by atoms with van der Waals surface area (Å²) in [6.45, 7) is 6.03. The van der Waals surface area contributed by atoms with E-state index in [1.807, 2.05) is 32.9 Å². The molecule has 0 saturated carbocycles. The lowest BCUT2D eigenvalue weighted by Crippen LogP contribution is -2.24. The Morgan fingerprint density at radius 1 is 1.22 bits per heavy atom. The van der Waals surface area contributed by atoms with Crippen molar-refractivity contribution in [1.29, 1.82) is 0 Å². The van der Waals surface area contributed by atoms with Crippen LogP contribution in [0.3, 0.4) is 0 Å². The largest absolute Gasteiger partial charge is 0.505 e. The molecular formula is C17H21N3O3. The molecular weight excluding hydrogens is 294 g/mol. The highest BCUT2D eigenvalue weighted by Gasteiger charge is 2.21. The third kappa shape index (κ3) is 2.97. The van der Waals surface area contributed by atoms with E-state index in [1.165, 1.54) is 7.05 Å². The molecule has 0 fully saturated rings. The molecule has 6 nitrogen and oxygen atoms in total. The minimum absolute atomic E-state index is 0.0503. The normalized spacial score (nSPS) is 11.3. The number of hydrogen-bond donors (Lipinski definition) is 2. The Kier molecular flexibility index (Phi) is 4.83. The van der Waals surface area contributed by atoms with E-state index in [0.717, 1.165) is 46.0 Å². The molecule has 23 heavy (non-hydrogen) atoms. The van der Waals surface area contributed by atoms with Crippen LogP contribution in [0.15, 0.2) is 22.1 Å². The van der Waals surface area contributed by atoms with Gasteiger partial charge in [0.1, 0.15) is 5.69 Å². The molecule has 0 aliphatic heterocycles. The molecule has 0 atom stereocenters. The lowest BCUT2D eigenvalue weighted by Gasteiger charge is -2.16. The van der Waals surface area contributed by atoms with Crippen molar-refractivity contribution in [1.82, 2.24) is 9.78 Å². The molecule has 2 rings (SSSR count). The van der Waals surface area contributed by atoms with Crippen LogP contribution in [0.4, 0.5) is 0 Å². The van der Waals surface area contributed by atoms with Gasteiger partial charge in [0.05, 0.1) is 11.8 Å². The number of aromatic hydroxyl groups is 1. The Hall–Kier alpha value is -2.63. The van der Waals surface area contributed by atoms with E-state index in [9.17, 15) is 9.90 Å². The summed E-state index contributed by atoms with van der Waals surface area (Å²) in [6.07, 6.45) is 2.49. The zero-order valence-electron chi connectivity index (χ0n) is 13.8. The molecule has 1 aromatic heterocycles. The molecule has 0 unspecified atom stereocenters. The topological polar surface area (TPSA) is 87.7 Å². The maximum Gasteiger partial charge on any atom is 0.278 e. The second-order valence-corrected chi connectivity index (χ2v) is 5.45. The first-order valence-electron chi connectivity index (χ1n) is 7.55. The molecule has 2 aromatic rings. The number of oxime groups is 1. The van der Waals surface area contributed by atoms with E-state index in [4.69, 9.17) is 5.21 Å². The molecule has 2 N–H and O–H groups in total. The van der Waals surface area contributed by atoms with Gasteiger partial charge in [-0.25, -0.2) is 4.68 Å². The van der Waals surface area contributed by atoms with E-state index >= 15 is 0 Å². The van der Waals surface area contributed by atoms with E-state index in [2.05, 4.69) is 10.3 Å². The van der Waals surface area contributed by atoms with Crippen LogP contribution in [0.25, 0.3) is 11.1 Å². The number of nitrogens with zero attached hydrogens (tertiary/aromatic N) is 3. The first kappa shape index (κ1) is 16.7. The van der Waals surface area contributed by atoms with Gasteiger partial charge in [-0.2, -0.15) is 5.10 Å². The minimum Gasteiger partial charge on any atom is -0.505 e. The van der Waals surface area contributed by atoms with Gasteiger partial charge < -0.3 is 10.3 Å². The molecule has 1 aromatic carbocycles. The van der Waals surface area contributed by atoms with Crippen molar-refractivity contribution in [3.8, 4) is 16.9 Å². The highest BCUT2D eigenvalue weighted by molar-refractivity contribution is 5.86. The fraction of sp³-hybridized carbons (Fsp3) is 0.353. The third-order valence-corrected chi connectivity index (χ3v) is 3.88. The van der Waals surface area contributed by atoms with E-state index in [-0.39, 0.29) is 22.6 Å². The smallest absolute Gasteiger partial charge is 0.278 e. The molecule has 122 valence electrons. The van der Waals surface area contributed by atoms with Gasteiger partial charge >= 0.3 is 0 Å². The standard InChI is InChI=1S/C17H21N3O3/c1-5-11-7-10(3)8-12(6-2)14(11)15-16(21)13(9-18-23)19-20(4)17(15)22/h7-9,21,23H,5-6H2,1-4H3/b18-9-. The first-order chi connectivity index (χ1) is 10.9. The Bertz CT molecular complexity index is 798. The Labute approximate surface area is 134 Å². The number of aryl methyl sites for hydroxylation is 4. The molecule has 0 radical (unpaired) electrons. The summed E-state index contributed by atoms with van der Waals surface area (Å²) >= 11 is 0. The fourth-order valence-corrected chi connectivity index (χ4v) is 2.83. The number of hydrogen-bond acceptors (Lipinski definition) is 5. The molecule has 0 aliphatic carbocycles. The van der Waals surface area contributed by atoms with Crippen LogP contribution in [0, 0.1) is 6.92 Å². The zero-order chi connectivity index (χ0) is 17.1. The first-order valence-corrected chi connectivity index (χ1v) is 7.55. The number of aromatic nitrogens is 2. The highest BCUT2D eigenvalue weighted by atomic mass is 16.4. The second-order valence-electron chi connectivity index (χ2n) is 5.45. The van der Waals surface area contributed by atoms with Crippen LogP contribution in [0.2, 0.25) is 0 Å². The van der Waals surface area contributed by atoms with E-state index < -0.39 is 0 Å². The highest BCUT2D eigenvalue weighted by Crippen LogP contribution is 2.34. The third-order valence-electron chi connectivity index (χ3n) is 3.88. The van der Waals surface area contributed by atoms with E-state index in [0.29, 0.717) is 0 Å². The van der Waals surface area contributed by atoms with Gasteiger partial charge in [0.25, 0.3) is 5.56 Å². The van der Waals surface area contributed by atoms with Crippen molar-refractivity contribution in [2.45, 2.75) is 33.6 Å². The maximum absolute atomic E-state index is 12.6. The van der Waals surface area contributed by atoms with Crippen LogP contribution in [0.5, 0.6) is 5.75 Å². The number of rotatable bonds is 4. The van der Waals surface area contributed by atoms with Crippen LogP contribution in [0.1, 0.15) is 36.2 Å². The minimum atomic E-state index is -0.383. The molecule has 0 amide bonds. The molecule has 0 bridgehead atoms. The van der Waals surface area contributed by atoms with Crippen molar-refractivity contribution in [2.24, 2.45) is 12.2 Å². The van der Waals surface area contributed by atoms with Gasteiger partial charge in [-0.3, -0.25) is 4.79 Å². The average molecular weight is 315 g/mol. The lowest BCUT2D eigenvalue weighted by molar-refractivity contribution is 0.321. The molecule has 0 saturated heterocycles. The Balaban J connectivity index is 2.95. The summed E-state index contributed by atoms with van der Waals surface area (Å²) in [5, 5.41) is 26.1. The Morgan fingerprint density at radius 3 is 2.26 bits per heavy atom. The monoisotopic (exact) mass is 315 g/mol. The summed E-state index contributed by atoms with van der Waals surface area (Å²) in [7, 11) is 1.51. The van der Waals surface area contributed by atoms with Crippen LogP contribution >= 0.6 is 0 Å². The van der Waals surface area contributed by atoms with Gasteiger partial charge in [0.2, 0.25) is 0 Å². The fourth-order valence-electron chi connectivity index (χ4n) is 2.83. The van der Waals surface area contributed by atoms with Crippen LogP contribution in [-0.4, -0.2) is 26.3 Å². The molecule has 6 heteroatoms. The summed E-state index contributed by atoms with van der Waals surface area (Å²) in [5.74, 6) is -0.265. The summed E-state index contributed by atoms with van der Waals surface area (Å²) in [5.41, 5.74) is 3.71. The van der Waals surface area contributed by atoms with Crippen molar-refractivity contribution in [3.05, 3.63) is 44.9 Å². The van der Waals surface area contributed by atoms with Crippen molar-refractivity contribution < 1.29 is 10.3 Å². The van der Waals surface area contributed by atoms with Crippen molar-refractivity contribution in [2.75, 3.05) is 0 Å².